The van der Waals surface area contributed by atoms with Crippen LogP contribution in [-0.4, -0.2) is 92.4 Å². The van der Waals surface area contributed by atoms with Crippen molar-refractivity contribution in [3.63, 3.8) is 0 Å². The first-order chi connectivity index (χ1) is 23.0. The first-order valence-electron chi connectivity index (χ1n) is 17.4. The third kappa shape index (κ3) is 6.74. The number of hydrogen-bond acceptors (Lipinski definition) is 10. The van der Waals surface area contributed by atoms with E-state index in [1.807, 2.05) is 10.6 Å². The van der Waals surface area contributed by atoms with Gasteiger partial charge >= 0.3 is 6.01 Å². The van der Waals surface area contributed by atoms with Gasteiger partial charge in [0.05, 0.1) is 42.8 Å². The van der Waals surface area contributed by atoms with Gasteiger partial charge < -0.3 is 32.8 Å². The lowest BCUT2D eigenvalue weighted by Crippen LogP contribution is -2.47. The number of ether oxygens (including phenoxy) is 6. The van der Waals surface area contributed by atoms with Gasteiger partial charge in [0.15, 0.2) is 20.1 Å². The van der Waals surface area contributed by atoms with E-state index in [-0.39, 0.29) is 41.6 Å². The molecule has 0 radical (unpaired) electrons. The predicted octanol–water partition coefficient (Wildman–Crippen LogP) is 6.41. The van der Waals surface area contributed by atoms with Crippen LogP contribution >= 0.6 is 11.6 Å². The fourth-order valence-electron chi connectivity index (χ4n) is 7.04. The molecule has 0 saturated carbocycles. The molecule has 3 aromatic rings. The molecule has 48 heavy (non-hydrogen) atoms. The van der Waals surface area contributed by atoms with Crippen LogP contribution in [0.5, 0.6) is 11.8 Å². The van der Waals surface area contributed by atoms with Crippen molar-refractivity contribution in [2.45, 2.75) is 114 Å². The Bertz CT molecular complexity index is 1610. The van der Waals surface area contributed by atoms with Crippen LogP contribution in [0.4, 0.5) is 0 Å². The van der Waals surface area contributed by atoms with Crippen LogP contribution in [0.3, 0.4) is 0 Å². The van der Waals surface area contributed by atoms with Crippen molar-refractivity contribution < 1.29 is 32.8 Å². The number of aryl methyl sites for hydroxylation is 1. The summed E-state index contributed by atoms with van der Waals surface area (Å²) in [6.07, 6.45) is 6.23. The second-order valence-corrected chi connectivity index (χ2v) is 20.2. The minimum atomic E-state index is -2.00. The summed E-state index contributed by atoms with van der Waals surface area (Å²) in [5, 5.41) is 0.683. The maximum Gasteiger partial charge on any atom is 0.301 e. The van der Waals surface area contributed by atoms with Crippen LogP contribution in [0.1, 0.15) is 75.6 Å². The Morgan fingerprint density at radius 1 is 1.00 bits per heavy atom. The molecule has 0 amide bonds. The standard InChI is InChI=1S/C35H49ClN4O7Si/c1-35(2,3)48(5,6)47-28-20-45-31-27(19-44-32(28)31)46-34-39-26-17-24(36)25(38-33(26)40(34)29-9-7-8-12-43-29)16-22-11-10-21-15-23(18-37-30(21)22)42-14-13-41-4/h15,17-18,22,27-29,31-32H,7-14,16,19-20H2,1-6H3/t22?,27-,28-,29?,31-,32-/m1/s1. The van der Waals surface area contributed by atoms with Crippen LogP contribution in [-0.2, 0) is 36.2 Å². The van der Waals surface area contributed by atoms with Gasteiger partial charge in [-0.1, -0.05) is 32.4 Å². The average Bonchev–Trinajstić information content (AvgIpc) is 3.82. The second-order valence-electron chi connectivity index (χ2n) is 15.0. The molecule has 13 heteroatoms. The first-order valence-corrected chi connectivity index (χ1v) is 20.7. The fraction of sp³-hybridized carbons (Fsp3) is 0.686. The van der Waals surface area contributed by atoms with Crippen molar-refractivity contribution in [3.05, 3.63) is 40.3 Å². The number of fused-ring (bicyclic) bond motifs is 3. The summed E-state index contributed by atoms with van der Waals surface area (Å²) in [7, 11) is -0.335. The number of halogens is 1. The lowest BCUT2D eigenvalue weighted by atomic mass is 10.00. The normalized spacial score (nSPS) is 27.4. The largest absolute Gasteiger partial charge is 0.490 e. The zero-order valence-electron chi connectivity index (χ0n) is 29.0. The molecule has 3 aromatic heterocycles. The molecule has 4 aliphatic rings. The summed E-state index contributed by atoms with van der Waals surface area (Å²) < 4.78 is 45.2. The topological polar surface area (TPSA) is 108 Å². The zero-order chi connectivity index (χ0) is 33.6. The maximum absolute atomic E-state index is 6.91. The van der Waals surface area contributed by atoms with Crippen LogP contribution in [0, 0.1) is 0 Å². The molecule has 0 spiro atoms. The van der Waals surface area contributed by atoms with Crippen molar-refractivity contribution in [1.82, 2.24) is 19.5 Å². The summed E-state index contributed by atoms with van der Waals surface area (Å²) >= 11 is 6.91. The molecular weight excluding hydrogens is 652 g/mol. The lowest BCUT2D eigenvalue weighted by molar-refractivity contribution is -0.0406. The highest BCUT2D eigenvalue weighted by Crippen LogP contribution is 2.42. The molecule has 262 valence electrons. The monoisotopic (exact) mass is 700 g/mol. The van der Waals surface area contributed by atoms with E-state index >= 15 is 0 Å². The van der Waals surface area contributed by atoms with Gasteiger partial charge in [-0.05, 0) is 74.4 Å². The van der Waals surface area contributed by atoms with E-state index in [0.717, 1.165) is 49.2 Å². The zero-order valence-corrected chi connectivity index (χ0v) is 30.8. The Kier molecular flexibility index (Phi) is 9.79. The molecule has 1 aliphatic carbocycles. The number of hydrogen-bond donors (Lipinski definition) is 0. The van der Waals surface area contributed by atoms with Crippen LogP contribution in [0.15, 0.2) is 18.3 Å². The van der Waals surface area contributed by atoms with Gasteiger partial charge in [0.2, 0.25) is 0 Å². The van der Waals surface area contributed by atoms with Gasteiger partial charge in [-0.2, -0.15) is 4.98 Å². The molecule has 3 saturated heterocycles. The molecular formula is C35H49ClN4O7Si. The van der Waals surface area contributed by atoms with Gasteiger partial charge in [0.1, 0.15) is 36.3 Å². The number of methoxy groups -OCH3 is 1. The minimum Gasteiger partial charge on any atom is -0.490 e. The molecule has 6 heterocycles. The van der Waals surface area contributed by atoms with Gasteiger partial charge in [-0.3, -0.25) is 9.55 Å². The summed E-state index contributed by atoms with van der Waals surface area (Å²) in [4.78, 5) is 14.9. The van der Waals surface area contributed by atoms with E-state index in [9.17, 15) is 0 Å². The number of rotatable bonds is 11. The van der Waals surface area contributed by atoms with Gasteiger partial charge in [0.25, 0.3) is 0 Å². The van der Waals surface area contributed by atoms with Crippen molar-refractivity contribution >= 4 is 31.1 Å². The smallest absolute Gasteiger partial charge is 0.301 e. The van der Waals surface area contributed by atoms with Crippen molar-refractivity contribution in [1.29, 1.82) is 0 Å². The molecule has 0 bridgehead atoms. The quantitative estimate of drug-likeness (QED) is 0.164. The summed E-state index contributed by atoms with van der Waals surface area (Å²) in [6, 6.07) is 4.46. The molecule has 11 nitrogen and oxygen atoms in total. The third-order valence-corrected chi connectivity index (χ3v) is 15.5. The van der Waals surface area contributed by atoms with E-state index in [2.05, 4.69) is 39.9 Å². The summed E-state index contributed by atoms with van der Waals surface area (Å²) in [5.41, 5.74) is 4.51. The highest BCUT2D eigenvalue weighted by Gasteiger charge is 2.52. The maximum atomic E-state index is 6.91. The van der Waals surface area contributed by atoms with Crippen molar-refractivity contribution in [2.24, 2.45) is 0 Å². The van der Waals surface area contributed by atoms with E-state index < -0.39 is 8.32 Å². The molecule has 3 aliphatic heterocycles. The lowest BCUT2D eigenvalue weighted by Gasteiger charge is -2.39. The average molecular weight is 701 g/mol. The highest BCUT2D eigenvalue weighted by atomic mass is 35.5. The Morgan fingerprint density at radius 3 is 2.54 bits per heavy atom. The number of pyridine rings is 2. The van der Waals surface area contributed by atoms with E-state index in [1.54, 1.807) is 13.3 Å². The highest BCUT2D eigenvalue weighted by molar-refractivity contribution is 6.74. The van der Waals surface area contributed by atoms with Crippen molar-refractivity contribution in [3.8, 4) is 11.8 Å². The second kappa shape index (κ2) is 13.8. The summed E-state index contributed by atoms with van der Waals surface area (Å²) in [5.74, 6) is 0.982. The Hall–Kier alpha value is -2.32. The molecule has 0 N–H and O–H groups in total. The Labute approximate surface area is 289 Å². The molecule has 6 atom stereocenters. The van der Waals surface area contributed by atoms with Crippen LogP contribution in [0.2, 0.25) is 23.2 Å². The molecule has 2 unspecified atom stereocenters. The minimum absolute atomic E-state index is 0.0950. The first kappa shape index (κ1) is 34.1. The van der Waals surface area contributed by atoms with Crippen LogP contribution in [0.25, 0.3) is 11.2 Å². The number of aromatic nitrogens is 4. The molecule has 3 fully saturated rings. The molecule has 0 aromatic carbocycles. The van der Waals surface area contributed by atoms with Gasteiger partial charge in [0, 0.05) is 25.3 Å². The van der Waals surface area contributed by atoms with E-state index in [1.165, 1.54) is 5.56 Å². The summed E-state index contributed by atoms with van der Waals surface area (Å²) in [6.45, 7) is 13.9. The Balaban J connectivity index is 1.12. The van der Waals surface area contributed by atoms with E-state index in [0.29, 0.717) is 61.7 Å². The SMILES string of the molecule is COCCOc1cnc2c(c1)CCC2Cc1nc2c(cc1Cl)nc(O[C@@H]1CO[C@H]3[C@@H]1OC[C@H]3O[Si](C)(C)C(C)(C)C)n2C1CCCCO1. The van der Waals surface area contributed by atoms with Gasteiger partial charge in [-0.25, -0.2) is 4.98 Å². The van der Waals surface area contributed by atoms with E-state index in [4.69, 9.17) is 59.4 Å². The Morgan fingerprint density at radius 2 is 1.79 bits per heavy atom. The third-order valence-electron chi connectivity index (χ3n) is 10.7. The predicted molar refractivity (Wildman–Crippen MR) is 184 cm³/mol. The number of nitrogens with zero attached hydrogens (tertiary/aromatic N) is 4. The molecule has 7 rings (SSSR count). The van der Waals surface area contributed by atoms with Crippen LogP contribution < -0.4 is 9.47 Å². The fourth-order valence-corrected chi connectivity index (χ4v) is 8.57. The van der Waals surface area contributed by atoms with Crippen molar-refractivity contribution in [2.75, 3.05) is 40.1 Å². The number of imidazole rings is 1. The van der Waals surface area contributed by atoms with Gasteiger partial charge in [-0.15, -0.1) is 0 Å².